The summed E-state index contributed by atoms with van der Waals surface area (Å²) in [5, 5.41) is 0. The van der Waals surface area contributed by atoms with Crippen LogP contribution in [-0.2, 0) is 0 Å². The molecule has 0 unspecified atom stereocenters. The highest BCUT2D eigenvalue weighted by Gasteiger charge is 2.15. The van der Waals surface area contributed by atoms with Crippen molar-refractivity contribution in [2.75, 3.05) is 0 Å². The van der Waals surface area contributed by atoms with Gasteiger partial charge in [0.25, 0.3) is 0 Å². The summed E-state index contributed by atoms with van der Waals surface area (Å²) in [7, 11) is 0. The molecule has 0 fully saturated rings. The van der Waals surface area contributed by atoms with Crippen LogP contribution in [0.2, 0.25) is 0 Å². The third-order valence-electron chi connectivity index (χ3n) is 3.45. The van der Waals surface area contributed by atoms with E-state index in [0.29, 0.717) is 0 Å². The summed E-state index contributed by atoms with van der Waals surface area (Å²) < 4.78 is 0. The summed E-state index contributed by atoms with van der Waals surface area (Å²) in [6.07, 6.45) is 8.47. The van der Waals surface area contributed by atoms with Crippen LogP contribution in [0.4, 0.5) is 0 Å². The fourth-order valence-electron chi connectivity index (χ4n) is 2.62. The summed E-state index contributed by atoms with van der Waals surface area (Å²) in [5.41, 5.74) is 3.56. The Balaban J connectivity index is 2.85. The molecule has 1 aliphatic rings. The summed E-state index contributed by atoms with van der Waals surface area (Å²) in [6.45, 7) is 9.44. The van der Waals surface area contributed by atoms with Gasteiger partial charge < -0.3 is 0 Å². The molecule has 0 heterocycles. The van der Waals surface area contributed by atoms with Crippen LogP contribution in [0.3, 0.4) is 0 Å². The van der Waals surface area contributed by atoms with Crippen LogP contribution in [0.15, 0.2) is 11.1 Å². The molecule has 0 aromatic rings. The SMILES string of the molecule is CC(C)/C1=C(\C(C)C)CCCCCC1. The largest absolute Gasteiger partial charge is 0.0682 e. The van der Waals surface area contributed by atoms with Gasteiger partial charge in [-0.15, -0.1) is 0 Å². The molecule has 0 N–H and O–H groups in total. The van der Waals surface area contributed by atoms with E-state index in [1.165, 1.54) is 38.5 Å². The Labute approximate surface area is 89.8 Å². The fraction of sp³-hybridized carbons (Fsp3) is 0.857. The van der Waals surface area contributed by atoms with E-state index in [0.717, 1.165) is 11.8 Å². The Morgan fingerprint density at radius 3 is 1.29 bits per heavy atom. The van der Waals surface area contributed by atoms with E-state index in [2.05, 4.69) is 27.7 Å². The summed E-state index contributed by atoms with van der Waals surface area (Å²) in [4.78, 5) is 0. The zero-order valence-electron chi connectivity index (χ0n) is 10.4. The first-order valence-electron chi connectivity index (χ1n) is 6.34. The Bertz CT molecular complexity index is 174. The second-order valence-corrected chi connectivity index (χ2v) is 5.27. The van der Waals surface area contributed by atoms with E-state index < -0.39 is 0 Å². The average Bonchev–Trinajstić information content (AvgIpc) is 2.01. The van der Waals surface area contributed by atoms with Crippen LogP contribution in [0, 0.1) is 11.8 Å². The van der Waals surface area contributed by atoms with Gasteiger partial charge in [-0.3, -0.25) is 0 Å². The Morgan fingerprint density at radius 2 is 1.00 bits per heavy atom. The van der Waals surface area contributed by atoms with Crippen molar-refractivity contribution in [1.82, 2.24) is 0 Å². The Kier molecular flexibility index (Phi) is 4.71. The molecule has 0 aromatic carbocycles. The molecule has 0 nitrogen and oxygen atoms in total. The topological polar surface area (TPSA) is 0 Å². The van der Waals surface area contributed by atoms with Gasteiger partial charge in [0, 0.05) is 0 Å². The highest BCUT2D eigenvalue weighted by Crippen LogP contribution is 2.31. The molecule has 0 atom stereocenters. The van der Waals surface area contributed by atoms with Gasteiger partial charge in [-0.1, -0.05) is 51.7 Å². The molecule has 0 aliphatic heterocycles. The lowest BCUT2D eigenvalue weighted by molar-refractivity contribution is 0.539. The van der Waals surface area contributed by atoms with Crippen LogP contribution < -0.4 is 0 Å². The average molecular weight is 194 g/mol. The molecule has 0 bridgehead atoms. The minimum absolute atomic E-state index is 0.769. The van der Waals surface area contributed by atoms with Crippen LogP contribution in [0.1, 0.15) is 66.2 Å². The van der Waals surface area contributed by atoms with E-state index in [-0.39, 0.29) is 0 Å². The second kappa shape index (κ2) is 5.58. The molecular formula is C14H26. The van der Waals surface area contributed by atoms with Crippen LogP contribution in [0.25, 0.3) is 0 Å². The lowest BCUT2D eigenvalue weighted by atomic mass is 9.83. The number of rotatable bonds is 2. The van der Waals surface area contributed by atoms with Crippen molar-refractivity contribution < 1.29 is 0 Å². The van der Waals surface area contributed by atoms with Gasteiger partial charge in [-0.2, -0.15) is 0 Å². The van der Waals surface area contributed by atoms with Crippen molar-refractivity contribution in [2.45, 2.75) is 66.2 Å². The maximum Gasteiger partial charge on any atom is -0.0257 e. The smallest absolute Gasteiger partial charge is 0.0257 e. The van der Waals surface area contributed by atoms with Gasteiger partial charge in [0.15, 0.2) is 0 Å². The normalized spacial score (nSPS) is 25.3. The zero-order chi connectivity index (χ0) is 10.6. The molecule has 0 saturated carbocycles. The number of allylic oxidation sites excluding steroid dienone is 2. The Hall–Kier alpha value is -0.260. The summed E-state index contributed by atoms with van der Waals surface area (Å²) in [5.74, 6) is 1.54. The molecule has 0 amide bonds. The van der Waals surface area contributed by atoms with Gasteiger partial charge in [-0.05, 0) is 37.5 Å². The first kappa shape index (κ1) is 11.8. The lowest BCUT2D eigenvalue weighted by Crippen LogP contribution is -2.07. The standard InChI is InChI=1S/C14H26/c1-11(2)13-9-7-5-6-8-10-14(13)12(3)4/h11-12H,5-10H2,1-4H3/b14-13-. The van der Waals surface area contributed by atoms with Crippen molar-refractivity contribution in [1.29, 1.82) is 0 Å². The highest BCUT2D eigenvalue weighted by molar-refractivity contribution is 5.18. The van der Waals surface area contributed by atoms with E-state index in [9.17, 15) is 0 Å². The molecule has 1 rings (SSSR count). The minimum atomic E-state index is 0.769. The monoisotopic (exact) mass is 194 g/mol. The third kappa shape index (κ3) is 3.15. The first-order valence-corrected chi connectivity index (χ1v) is 6.34. The van der Waals surface area contributed by atoms with Crippen molar-refractivity contribution in [2.24, 2.45) is 11.8 Å². The minimum Gasteiger partial charge on any atom is -0.0682 e. The molecule has 1 aliphatic carbocycles. The summed E-state index contributed by atoms with van der Waals surface area (Å²) in [6, 6.07) is 0. The van der Waals surface area contributed by atoms with Gasteiger partial charge >= 0.3 is 0 Å². The van der Waals surface area contributed by atoms with Crippen LogP contribution in [-0.4, -0.2) is 0 Å². The molecule has 14 heavy (non-hydrogen) atoms. The summed E-state index contributed by atoms with van der Waals surface area (Å²) >= 11 is 0. The van der Waals surface area contributed by atoms with Crippen molar-refractivity contribution in [3.8, 4) is 0 Å². The van der Waals surface area contributed by atoms with E-state index in [1.807, 2.05) is 0 Å². The van der Waals surface area contributed by atoms with Gasteiger partial charge in [0.05, 0.1) is 0 Å². The predicted molar refractivity (Wildman–Crippen MR) is 64.4 cm³/mol. The number of hydrogen-bond acceptors (Lipinski definition) is 0. The fourth-order valence-corrected chi connectivity index (χ4v) is 2.62. The molecular weight excluding hydrogens is 168 g/mol. The maximum atomic E-state index is 2.36. The van der Waals surface area contributed by atoms with E-state index in [1.54, 1.807) is 11.1 Å². The molecule has 0 radical (unpaired) electrons. The predicted octanol–water partition coefficient (Wildman–Crippen LogP) is 4.95. The van der Waals surface area contributed by atoms with Crippen molar-refractivity contribution in [3.05, 3.63) is 11.1 Å². The molecule has 0 aromatic heterocycles. The van der Waals surface area contributed by atoms with Crippen molar-refractivity contribution in [3.63, 3.8) is 0 Å². The first-order chi connectivity index (χ1) is 6.63. The van der Waals surface area contributed by atoms with E-state index in [4.69, 9.17) is 0 Å². The molecule has 0 spiro atoms. The number of hydrogen-bond donors (Lipinski definition) is 0. The van der Waals surface area contributed by atoms with Gasteiger partial charge in [0.1, 0.15) is 0 Å². The van der Waals surface area contributed by atoms with Gasteiger partial charge in [-0.25, -0.2) is 0 Å². The van der Waals surface area contributed by atoms with E-state index >= 15 is 0 Å². The van der Waals surface area contributed by atoms with Crippen molar-refractivity contribution >= 4 is 0 Å². The molecule has 82 valence electrons. The lowest BCUT2D eigenvalue weighted by Gasteiger charge is -2.23. The quantitative estimate of drug-likeness (QED) is 0.546. The van der Waals surface area contributed by atoms with Gasteiger partial charge in [0.2, 0.25) is 0 Å². The molecule has 0 heteroatoms. The highest BCUT2D eigenvalue weighted by atomic mass is 14.2. The Morgan fingerprint density at radius 1 is 0.643 bits per heavy atom. The van der Waals surface area contributed by atoms with Crippen LogP contribution >= 0.6 is 0 Å². The zero-order valence-corrected chi connectivity index (χ0v) is 10.4. The van der Waals surface area contributed by atoms with Crippen LogP contribution in [0.5, 0.6) is 0 Å². The molecule has 0 saturated heterocycles. The third-order valence-corrected chi connectivity index (χ3v) is 3.45. The maximum absolute atomic E-state index is 2.36. The second-order valence-electron chi connectivity index (χ2n) is 5.27.